The van der Waals surface area contributed by atoms with Gasteiger partial charge in [-0.25, -0.2) is 23.1 Å². The molecule has 0 radical (unpaired) electrons. The van der Waals surface area contributed by atoms with E-state index in [-0.39, 0.29) is 23.9 Å². The second-order valence-corrected chi connectivity index (χ2v) is 12.3. The number of aromatic nitrogens is 5. The molecule has 10 nitrogen and oxygen atoms in total. The number of amides is 1. The highest BCUT2D eigenvalue weighted by Gasteiger charge is 2.32. The van der Waals surface area contributed by atoms with Gasteiger partial charge in [0.1, 0.15) is 29.4 Å². The SMILES string of the molecule is CC(C)(C)OC(=O)n1ncnc1C1CCC(NC(=O)c2cnn3ccc(N4CCC[C@@H]4c4cc(F)ccc4F)cc23)CC1. The lowest BCUT2D eigenvalue weighted by Gasteiger charge is -2.29. The van der Waals surface area contributed by atoms with Crippen molar-refractivity contribution in [1.29, 1.82) is 0 Å². The van der Waals surface area contributed by atoms with Gasteiger partial charge in [-0.05, 0) is 89.6 Å². The van der Waals surface area contributed by atoms with Crippen LogP contribution in [0, 0.1) is 11.6 Å². The molecule has 1 aliphatic carbocycles. The first-order chi connectivity index (χ1) is 20.6. The zero-order valence-electron chi connectivity index (χ0n) is 24.5. The molecule has 4 heterocycles. The highest BCUT2D eigenvalue weighted by molar-refractivity contribution is 6.01. The van der Waals surface area contributed by atoms with Crippen LogP contribution in [0.15, 0.2) is 49.1 Å². The first-order valence-corrected chi connectivity index (χ1v) is 14.7. The molecule has 1 aliphatic heterocycles. The summed E-state index contributed by atoms with van der Waals surface area (Å²) in [4.78, 5) is 32.4. The minimum atomic E-state index is -0.642. The van der Waals surface area contributed by atoms with Gasteiger partial charge in [-0.1, -0.05) is 0 Å². The molecule has 2 aliphatic rings. The summed E-state index contributed by atoms with van der Waals surface area (Å²) in [7, 11) is 0. The van der Waals surface area contributed by atoms with E-state index in [9.17, 15) is 18.4 Å². The fraction of sp³-hybridized carbons (Fsp3) is 0.452. The van der Waals surface area contributed by atoms with Gasteiger partial charge in [0.05, 0.1) is 23.3 Å². The van der Waals surface area contributed by atoms with Crippen molar-refractivity contribution in [3.05, 3.63) is 77.6 Å². The molecule has 2 fully saturated rings. The van der Waals surface area contributed by atoms with Crippen LogP contribution < -0.4 is 10.2 Å². The molecular weight excluding hydrogens is 556 g/mol. The van der Waals surface area contributed by atoms with Crippen molar-refractivity contribution < 1.29 is 23.1 Å². The van der Waals surface area contributed by atoms with Gasteiger partial charge in [-0.3, -0.25) is 4.79 Å². The monoisotopic (exact) mass is 591 g/mol. The van der Waals surface area contributed by atoms with Crippen LogP contribution >= 0.6 is 0 Å². The third-order valence-corrected chi connectivity index (χ3v) is 8.22. The fourth-order valence-corrected chi connectivity index (χ4v) is 6.23. The van der Waals surface area contributed by atoms with E-state index >= 15 is 0 Å². The quantitative estimate of drug-likeness (QED) is 0.313. The summed E-state index contributed by atoms with van der Waals surface area (Å²) in [6.45, 7) is 6.10. The lowest BCUT2D eigenvalue weighted by molar-refractivity contribution is 0.0504. The van der Waals surface area contributed by atoms with Gasteiger partial charge in [0, 0.05) is 36.0 Å². The van der Waals surface area contributed by atoms with Crippen LogP contribution in [0.5, 0.6) is 0 Å². The first kappa shape index (κ1) is 28.8. The van der Waals surface area contributed by atoms with E-state index in [4.69, 9.17) is 4.74 Å². The predicted molar refractivity (Wildman–Crippen MR) is 155 cm³/mol. The van der Waals surface area contributed by atoms with E-state index in [1.54, 1.807) is 37.7 Å². The predicted octanol–water partition coefficient (Wildman–Crippen LogP) is 5.78. The zero-order valence-corrected chi connectivity index (χ0v) is 24.5. The van der Waals surface area contributed by atoms with Crippen LogP contribution in [0.3, 0.4) is 0 Å². The summed E-state index contributed by atoms with van der Waals surface area (Å²) in [6, 6.07) is 7.00. The van der Waals surface area contributed by atoms with Gasteiger partial charge in [-0.15, -0.1) is 9.78 Å². The fourth-order valence-electron chi connectivity index (χ4n) is 6.23. The number of carbonyl (C=O) groups excluding carboxylic acids is 2. The summed E-state index contributed by atoms with van der Waals surface area (Å²) in [6.07, 6.45) is 8.60. The van der Waals surface area contributed by atoms with Gasteiger partial charge >= 0.3 is 6.09 Å². The smallest absolute Gasteiger partial charge is 0.436 e. The maximum atomic E-state index is 14.6. The van der Waals surface area contributed by atoms with Crippen molar-refractivity contribution in [2.24, 2.45) is 0 Å². The number of anilines is 1. The summed E-state index contributed by atoms with van der Waals surface area (Å²) < 4.78 is 36.9. The topological polar surface area (TPSA) is 107 Å². The number of benzene rings is 1. The van der Waals surface area contributed by atoms with Gasteiger partial charge in [0.25, 0.3) is 5.91 Å². The number of ether oxygens (including phenoxy) is 1. The maximum Gasteiger partial charge on any atom is 0.436 e. The van der Waals surface area contributed by atoms with Gasteiger partial charge in [-0.2, -0.15) is 5.10 Å². The van der Waals surface area contributed by atoms with Crippen molar-refractivity contribution in [3.8, 4) is 0 Å². The van der Waals surface area contributed by atoms with E-state index in [0.717, 1.165) is 43.9 Å². The van der Waals surface area contributed by atoms with Gasteiger partial charge in [0.15, 0.2) is 0 Å². The van der Waals surface area contributed by atoms with Crippen LogP contribution in [-0.2, 0) is 4.74 Å². The molecular formula is C31H35F2N7O3. The normalized spacial score (nSPS) is 20.9. The van der Waals surface area contributed by atoms with Crippen LogP contribution in [0.4, 0.5) is 19.3 Å². The molecule has 0 spiro atoms. The Morgan fingerprint density at radius 3 is 2.58 bits per heavy atom. The van der Waals surface area contributed by atoms with E-state index in [1.807, 2.05) is 12.1 Å². The Bertz CT molecular complexity index is 1650. The molecule has 0 unspecified atom stereocenters. The van der Waals surface area contributed by atoms with Crippen LogP contribution in [0.25, 0.3) is 5.52 Å². The van der Waals surface area contributed by atoms with Crippen molar-refractivity contribution in [3.63, 3.8) is 0 Å². The molecule has 3 aromatic heterocycles. The summed E-state index contributed by atoms with van der Waals surface area (Å²) in [5, 5.41) is 11.6. The molecule has 1 saturated carbocycles. The summed E-state index contributed by atoms with van der Waals surface area (Å²) >= 11 is 0. The molecule has 0 bridgehead atoms. The maximum absolute atomic E-state index is 14.6. The number of pyridine rings is 1. The number of rotatable bonds is 5. The highest BCUT2D eigenvalue weighted by Crippen LogP contribution is 2.38. The number of fused-ring (bicyclic) bond motifs is 1. The number of hydrogen-bond acceptors (Lipinski definition) is 7. The first-order valence-electron chi connectivity index (χ1n) is 14.7. The van der Waals surface area contributed by atoms with Crippen LogP contribution in [0.2, 0.25) is 0 Å². The Morgan fingerprint density at radius 1 is 1.02 bits per heavy atom. The molecule has 1 N–H and O–H groups in total. The Morgan fingerprint density at radius 2 is 1.81 bits per heavy atom. The second kappa shape index (κ2) is 11.4. The van der Waals surface area contributed by atoms with Crippen LogP contribution in [0.1, 0.15) is 93.0 Å². The molecule has 1 atom stereocenters. The minimum Gasteiger partial charge on any atom is -0.442 e. The third-order valence-electron chi connectivity index (χ3n) is 8.22. The number of halogens is 2. The number of carbonyl (C=O) groups is 2. The Kier molecular flexibility index (Phi) is 7.61. The lowest BCUT2D eigenvalue weighted by Crippen LogP contribution is -2.38. The van der Waals surface area contributed by atoms with E-state index < -0.39 is 23.3 Å². The average molecular weight is 592 g/mol. The summed E-state index contributed by atoms with van der Waals surface area (Å²) in [5.41, 5.74) is 1.60. The lowest BCUT2D eigenvalue weighted by atomic mass is 9.85. The van der Waals surface area contributed by atoms with Crippen molar-refractivity contribution in [2.75, 3.05) is 11.4 Å². The largest absolute Gasteiger partial charge is 0.442 e. The molecule has 1 amide bonds. The van der Waals surface area contributed by atoms with Gasteiger partial charge < -0.3 is 15.0 Å². The Labute approximate surface area is 248 Å². The van der Waals surface area contributed by atoms with E-state index in [1.165, 1.54) is 23.1 Å². The molecule has 1 saturated heterocycles. The average Bonchev–Trinajstić information content (AvgIpc) is 3.73. The minimum absolute atomic E-state index is 0.0269. The van der Waals surface area contributed by atoms with Crippen molar-refractivity contribution in [1.82, 2.24) is 29.7 Å². The Hall–Kier alpha value is -4.35. The van der Waals surface area contributed by atoms with Crippen molar-refractivity contribution >= 4 is 23.2 Å². The molecule has 226 valence electrons. The molecule has 6 rings (SSSR count). The van der Waals surface area contributed by atoms with E-state index in [2.05, 4.69) is 25.4 Å². The molecule has 12 heteroatoms. The van der Waals surface area contributed by atoms with E-state index in [0.29, 0.717) is 35.4 Å². The van der Waals surface area contributed by atoms with Crippen molar-refractivity contribution in [2.45, 2.75) is 82.9 Å². The van der Waals surface area contributed by atoms with Crippen LogP contribution in [-0.4, -0.2) is 54.6 Å². The zero-order chi connectivity index (χ0) is 30.3. The highest BCUT2D eigenvalue weighted by atomic mass is 19.1. The number of hydrogen-bond donors (Lipinski definition) is 1. The molecule has 4 aromatic rings. The van der Waals surface area contributed by atoms with Gasteiger partial charge in [0.2, 0.25) is 0 Å². The third kappa shape index (κ3) is 5.95. The Balaban J connectivity index is 1.13. The molecule has 1 aromatic carbocycles. The second-order valence-electron chi connectivity index (χ2n) is 12.3. The molecule has 43 heavy (non-hydrogen) atoms. The number of nitrogens with zero attached hydrogens (tertiary/aromatic N) is 6. The number of nitrogens with one attached hydrogen (secondary N) is 1. The standard InChI is InChI=1S/C31H35F2N7O3/c1-31(2,3)43-30(42)40-28(34-18-36-40)19-6-9-21(10-7-19)37-29(41)24-17-35-39-14-12-22(16-27(24)39)38-13-4-5-26(38)23-15-20(32)8-11-25(23)33/h8,11-12,14-19,21,26H,4-7,9-10,13H2,1-3H3,(H,37,41)/t19?,21?,26-/m1/s1. The summed E-state index contributed by atoms with van der Waals surface area (Å²) in [5.74, 6) is -0.510.